The van der Waals surface area contributed by atoms with Crippen LogP contribution in [-0.2, 0) is 16.0 Å². The summed E-state index contributed by atoms with van der Waals surface area (Å²) < 4.78 is 20.3. The molecule has 6 nitrogen and oxygen atoms in total. The molecule has 0 unspecified atom stereocenters. The van der Waals surface area contributed by atoms with E-state index >= 15 is 0 Å². The number of carbonyl (C=O) groups excluding carboxylic acids is 2. The third-order valence-electron chi connectivity index (χ3n) is 5.74. The second-order valence-electron chi connectivity index (χ2n) is 7.32. The van der Waals surface area contributed by atoms with Gasteiger partial charge in [-0.2, -0.15) is 0 Å². The Morgan fingerprint density at radius 1 is 1.07 bits per heavy atom. The van der Waals surface area contributed by atoms with Crippen LogP contribution in [0.5, 0.6) is 0 Å². The number of rotatable bonds is 2. The number of aliphatic imine (C=N–C) groups is 1. The number of fused-ring (bicyclic) bond motifs is 1. The first-order chi connectivity index (χ1) is 14.6. The number of para-hydroxylation sites is 1. The number of carbonyl (C=O) groups is 2. The number of hydrogen-bond acceptors (Lipinski definition) is 5. The zero-order chi connectivity index (χ0) is 20.4. The monoisotopic (exact) mass is 399 g/mol. The lowest BCUT2D eigenvalue weighted by Gasteiger charge is -2.17. The molecule has 0 bridgehead atoms. The number of imide groups is 1. The zero-order valence-corrected chi connectivity index (χ0v) is 15.6. The molecule has 3 aromatic rings. The summed E-state index contributed by atoms with van der Waals surface area (Å²) in [6, 6.07) is 10.1. The number of furan rings is 1. The van der Waals surface area contributed by atoms with E-state index in [2.05, 4.69) is 15.2 Å². The third kappa shape index (κ3) is 2.20. The highest BCUT2D eigenvalue weighted by Gasteiger charge is 2.38. The lowest BCUT2D eigenvalue weighted by molar-refractivity contribution is -0.123. The van der Waals surface area contributed by atoms with Crippen LogP contribution in [0.15, 0.2) is 70.0 Å². The SMILES string of the molecule is O=C1NC(=O)C(c2c(F)ccc3occc23)=C1C1=NC=CN2CCc3cccc1c32. The van der Waals surface area contributed by atoms with E-state index in [0.29, 0.717) is 16.7 Å². The normalized spacial score (nSPS) is 17.5. The van der Waals surface area contributed by atoms with Gasteiger partial charge in [0, 0.05) is 35.5 Å². The molecule has 0 spiro atoms. The first-order valence-electron chi connectivity index (χ1n) is 9.53. The van der Waals surface area contributed by atoms with Gasteiger partial charge in [-0.15, -0.1) is 0 Å². The number of amides is 2. The Labute approximate surface area is 170 Å². The number of nitrogens with zero attached hydrogens (tertiary/aromatic N) is 2. The fraction of sp³-hybridized carbons (Fsp3) is 0.0870. The maximum absolute atomic E-state index is 15.0. The van der Waals surface area contributed by atoms with Gasteiger partial charge in [0.1, 0.15) is 11.4 Å². The van der Waals surface area contributed by atoms with Crippen LogP contribution < -0.4 is 10.2 Å². The van der Waals surface area contributed by atoms with Crippen LogP contribution in [0, 0.1) is 5.82 Å². The van der Waals surface area contributed by atoms with Crippen molar-refractivity contribution in [2.45, 2.75) is 6.42 Å². The highest BCUT2D eigenvalue weighted by molar-refractivity contribution is 6.48. The zero-order valence-electron chi connectivity index (χ0n) is 15.6. The second kappa shape index (κ2) is 6.00. The summed E-state index contributed by atoms with van der Waals surface area (Å²) >= 11 is 0. The molecule has 4 heterocycles. The molecule has 0 atom stereocenters. The summed E-state index contributed by atoms with van der Waals surface area (Å²) in [5.41, 5.74) is 3.71. The summed E-state index contributed by atoms with van der Waals surface area (Å²) in [4.78, 5) is 32.3. The topological polar surface area (TPSA) is 74.9 Å². The van der Waals surface area contributed by atoms with E-state index < -0.39 is 17.6 Å². The predicted octanol–water partition coefficient (Wildman–Crippen LogP) is 3.32. The van der Waals surface area contributed by atoms with Crippen molar-refractivity contribution in [2.75, 3.05) is 11.4 Å². The number of benzene rings is 2. The summed E-state index contributed by atoms with van der Waals surface area (Å²) in [5, 5.41) is 2.75. The Morgan fingerprint density at radius 3 is 2.83 bits per heavy atom. The molecule has 6 rings (SSSR count). The molecule has 0 saturated carbocycles. The van der Waals surface area contributed by atoms with E-state index in [9.17, 15) is 14.0 Å². The van der Waals surface area contributed by atoms with Gasteiger partial charge in [0.25, 0.3) is 11.8 Å². The molecule has 1 N–H and O–H groups in total. The minimum atomic E-state index is -0.650. The fourth-order valence-corrected chi connectivity index (χ4v) is 4.47. The quantitative estimate of drug-likeness (QED) is 0.671. The molecule has 30 heavy (non-hydrogen) atoms. The summed E-state index contributed by atoms with van der Waals surface area (Å²) in [6.45, 7) is 0.811. The van der Waals surface area contributed by atoms with Gasteiger partial charge in [0.15, 0.2) is 0 Å². The lowest BCUT2D eigenvalue weighted by atomic mass is 9.91. The molecule has 7 heteroatoms. The first-order valence-corrected chi connectivity index (χ1v) is 9.53. The van der Waals surface area contributed by atoms with Gasteiger partial charge in [-0.3, -0.25) is 19.9 Å². The predicted molar refractivity (Wildman–Crippen MR) is 109 cm³/mol. The van der Waals surface area contributed by atoms with Gasteiger partial charge in [-0.05, 0) is 30.2 Å². The van der Waals surface area contributed by atoms with Crippen molar-refractivity contribution < 1.29 is 18.4 Å². The highest BCUT2D eigenvalue weighted by Crippen LogP contribution is 2.39. The first kappa shape index (κ1) is 16.9. The fourth-order valence-electron chi connectivity index (χ4n) is 4.47. The van der Waals surface area contributed by atoms with Crippen molar-refractivity contribution in [1.29, 1.82) is 0 Å². The number of nitrogens with one attached hydrogen (secondary N) is 1. The molecule has 3 aliphatic rings. The Morgan fingerprint density at radius 2 is 1.93 bits per heavy atom. The van der Waals surface area contributed by atoms with Gasteiger partial charge in [-0.1, -0.05) is 18.2 Å². The van der Waals surface area contributed by atoms with Gasteiger partial charge < -0.3 is 9.32 Å². The molecule has 0 aliphatic carbocycles. The molecular formula is C23H14FN3O3. The van der Waals surface area contributed by atoms with E-state index in [1.165, 1.54) is 18.4 Å². The molecule has 0 saturated heterocycles. The Hall–Kier alpha value is -4.00. The van der Waals surface area contributed by atoms with Crippen LogP contribution >= 0.6 is 0 Å². The van der Waals surface area contributed by atoms with Crippen molar-refractivity contribution in [2.24, 2.45) is 4.99 Å². The van der Waals surface area contributed by atoms with Crippen molar-refractivity contribution in [3.8, 4) is 0 Å². The van der Waals surface area contributed by atoms with E-state index in [1.54, 1.807) is 12.3 Å². The Bertz CT molecular complexity index is 1380. The summed E-state index contributed by atoms with van der Waals surface area (Å²) in [7, 11) is 0. The molecule has 2 amide bonds. The molecule has 2 aromatic carbocycles. The standard InChI is InChI=1S/C23H14FN3O3/c24-15-4-5-16-13(7-11-30-16)17(15)18-19(23(29)26-22(18)28)20-14-3-1-2-12-6-9-27(21(12)14)10-8-25-20/h1-5,7-8,10-11H,6,9H2,(H,26,28,29). The van der Waals surface area contributed by atoms with Gasteiger partial charge in [0.2, 0.25) is 0 Å². The molecule has 0 radical (unpaired) electrons. The van der Waals surface area contributed by atoms with Crippen LogP contribution in [-0.4, -0.2) is 24.1 Å². The van der Waals surface area contributed by atoms with E-state index in [1.807, 2.05) is 24.4 Å². The van der Waals surface area contributed by atoms with Crippen molar-refractivity contribution >= 4 is 39.8 Å². The van der Waals surface area contributed by atoms with Crippen molar-refractivity contribution in [1.82, 2.24) is 5.32 Å². The van der Waals surface area contributed by atoms with Crippen LogP contribution in [0.3, 0.4) is 0 Å². The van der Waals surface area contributed by atoms with Gasteiger partial charge in [0.05, 0.1) is 28.8 Å². The number of hydrogen-bond donors (Lipinski definition) is 1. The van der Waals surface area contributed by atoms with Crippen LogP contribution in [0.2, 0.25) is 0 Å². The molecule has 146 valence electrons. The maximum Gasteiger partial charge on any atom is 0.261 e. The Kier molecular flexibility index (Phi) is 3.38. The van der Waals surface area contributed by atoms with Crippen molar-refractivity contribution in [3.63, 3.8) is 0 Å². The molecule has 1 aromatic heterocycles. The largest absolute Gasteiger partial charge is 0.464 e. The molecule has 3 aliphatic heterocycles. The van der Waals surface area contributed by atoms with E-state index in [4.69, 9.17) is 4.42 Å². The minimum Gasteiger partial charge on any atom is -0.464 e. The number of anilines is 1. The average Bonchev–Trinajstić information content (AvgIpc) is 3.40. The smallest absolute Gasteiger partial charge is 0.261 e. The van der Waals surface area contributed by atoms with Crippen LogP contribution in [0.1, 0.15) is 16.7 Å². The third-order valence-corrected chi connectivity index (χ3v) is 5.74. The highest BCUT2D eigenvalue weighted by atomic mass is 19.1. The maximum atomic E-state index is 15.0. The lowest BCUT2D eigenvalue weighted by Crippen LogP contribution is -2.25. The van der Waals surface area contributed by atoms with Crippen molar-refractivity contribution in [3.05, 3.63) is 83.1 Å². The van der Waals surface area contributed by atoms with Crippen LogP contribution in [0.4, 0.5) is 10.1 Å². The summed E-state index contributed by atoms with van der Waals surface area (Å²) in [6.07, 6.45) is 5.77. The number of halogens is 1. The minimum absolute atomic E-state index is 0.0271. The van der Waals surface area contributed by atoms with Gasteiger partial charge >= 0.3 is 0 Å². The Balaban J connectivity index is 1.68. The van der Waals surface area contributed by atoms with E-state index in [-0.39, 0.29) is 16.7 Å². The van der Waals surface area contributed by atoms with E-state index in [0.717, 1.165) is 29.8 Å². The molecule has 0 fully saturated rings. The van der Waals surface area contributed by atoms with Crippen LogP contribution in [0.25, 0.3) is 16.5 Å². The average molecular weight is 399 g/mol. The molecular weight excluding hydrogens is 385 g/mol. The van der Waals surface area contributed by atoms with Gasteiger partial charge in [-0.25, -0.2) is 4.39 Å². The second-order valence-corrected chi connectivity index (χ2v) is 7.32. The summed E-state index contributed by atoms with van der Waals surface area (Å²) in [5.74, 6) is -1.85.